The molecule has 0 spiro atoms. The summed E-state index contributed by atoms with van der Waals surface area (Å²) in [6, 6.07) is 12.9. The molecule has 0 aliphatic rings. The molecule has 0 fully saturated rings. The van der Waals surface area contributed by atoms with E-state index in [1.54, 1.807) is 31.2 Å². The molecular weight excluding hydrogens is 258 g/mol. The molecule has 0 N–H and O–H groups in total. The minimum Gasteiger partial charge on any atom is -0.213 e. The van der Waals surface area contributed by atoms with Gasteiger partial charge in [0, 0.05) is 19.4 Å². The highest BCUT2D eigenvalue weighted by atomic mass is 15.0. The summed E-state index contributed by atoms with van der Waals surface area (Å²) in [5.74, 6) is 1.12. The van der Waals surface area contributed by atoms with Gasteiger partial charge in [-0.2, -0.15) is 0 Å². The van der Waals surface area contributed by atoms with Gasteiger partial charge in [-0.25, -0.2) is 15.0 Å². The lowest BCUT2D eigenvalue weighted by Crippen LogP contribution is -1.99. The van der Waals surface area contributed by atoms with Crippen molar-refractivity contribution in [3.63, 3.8) is 0 Å². The maximum Gasteiger partial charge on any atom is 0.163 e. The maximum atomic E-state index is 7.56. The fraction of sp³-hybridized carbons (Fsp3) is 0.167. The van der Waals surface area contributed by atoms with Gasteiger partial charge in [-0.3, -0.25) is 0 Å². The van der Waals surface area contributed by atoms with Crippen LogP contribution in [0.4, 0.5) is 0 Å². The standard InChI is InChI=1S/C18H17N3/c1-12-6-4-8-15(10-12)17-19-14(3)20-18(21-17)16-9-5-7-13(2)11-16/h4-11H,1-3H3/i1D3,2D3. The van der Waals surface area contributed by atoms with Gasteiger partial charge in [0.1, 0.15) is 5.82 Å². The summed E-state index contributed by atoms with van der Waals surface area (Å²) < 4.78 is 45.4. The van der Waals surface area contributed by atoms with Gasteiger partial charge in [-0.1, -0.05) is 47.5 Å². The molecule has 1 heterocycles. The Morgan fingerprint density at radius 1 is 0.762 bits per heavy atom. The van der Waals surface area contributed by atoms with Gasteiger partial charge in [0.25, 0.3) is 0 Å². The van der Waals surface area contributed by atoms with Crippen LogP contribution >= 0.6 is 0 Å². The summed E-state index contributed by atoms with van der Waals surface area (Å²) in [7, 11) is 0. The van der Waals surface area contributed by atoms with E-state index in [9.17, 15) is 0 Å². The molecule has 0 aliphatic heterocycles. The molecular formula is C18H17N3. The molecule has 0 amide bonds. The molecule has 3 aromatic rings. The van der Waals surface area contributed by atoms with Crippen LogP contribution in [-0.4, -0.2) is 15.0 Å². The first kappa shape index (κ1) is 8.03. The van der Waals surface area contributed by atoms with Crippen molar-refractivity contribution in [3.05, 3.63) is 65.5 Å². The van der Waals surface area contributed by atoms with Crippen molar-refractivity contribution in [2.45, 2.75) is 20.6 Å². The quantitative estimate of drug-likeness (QED) is 0.709. The smallest absolute Gasteiger partial charge is 0.163 e. The molecule has 0 saturated carbocycles. The first-order valence-corrected chi connectivity index (χ1v) is 6.48. The van der Waals surface area contributed by atoms with Gasteiger partial charge in [0.05, 0.1) is 0 Å². The van der Waals surface area contributed by atoms with Crippen molar-refractivity contribution < 1.29 is 8.22 Å². The zero-order valence-electron chi connectivity index (χ0n) is 17.5. The Morgan fingerprint density at radius 2 is 1.29 bits per heavy atom. The Bertz CT molecular complexity index is 904. The van der Waals surface area contributed by atoms with Crippen LogP contribution in [0, 0.1) is 20.6 Å². The normalized spacial score (nSPS) is 16.0. The van der Waals surface area contributed by atoms with E-state index in [-0.39, 0.29) is 11.1 Å². The van der Waals surface area contributed by atoms with Crippen LogP contribution in [0.5, 0.6) is 0 Å². The Morgan fingerprint density at radius 3 is 1.76 bits per heavy atom. The van der Waals surface area contributed by atoms with Gasteiger partial charge in [0.2, 0.25) is 0 Å². The highest BCUT2D eigenvalue weighted by Gasteiger charge is 2.08. The highest BCUT2D eigenvalue weighted by molar-refractivity contribution is 5.61. The summed E-state index contributed by atoms with van der Waals surface area (Å²) >= 11 is 0. The highest BCUT2D eigenvalue weighted by Crippen LogP contribution is 2.21. The van der Waals surface area contributed by atoms with Crippen molar-refractivity contribution in [1.82, 2.24) is 15.0 Å². The Labute approximate surface area is 133 Å². The number of rotatable bonds is 2. The summed E-state index contributed by atoms with van der Waals surface area (Å²) in [4.78, 5) is 13.0. The number of hydrogen-bond acceptors (Lipinski definition) is 3. The summed E-state index contributed by atoms with van der Waals surface area (Å²) in [6.45, 7) is -2.75. The van der Waals surface area contributed by atoms with Gasteiger partial charge < -0.3 is 0 Å². The van der Waals surface area contributed by atoms with E-state index in [4.69, 9.17) is 8.22 Å². The SMILES string of the molecule is [2H]C([2H])([2H])c1cccc(-c2nc(C)nc(-c3cccc(C([2H])([2H])[2H])c3)n2)c1. The lowest BCUT2D eigenvalue weighted by Gasteiger charge is -2.06. The fourth-order valence-electron chi connectivity index (χ4n) is 2.06. The second-order valence-electron chi connectivity index (χ2n) is 4.69. The largest absolute Gasteiger partial charge is 0.213 e. The van der Waals surface area contributed by atoms with Crippen molar-refractivity contribution in [2.24, 2.45) is 0 Å². The number of aryl methyl sites for hydroxylation is 3. The van der Waals surface area contributed by atoms with Crippen LogP contribution in [0.2, 0.25) is 0 Å². The lowest BCUT2D eigenvalue weighted by molar-refractivity contribution is 0.991. The van der Waals surface area contributed by atoms with Crippen molar-refractivity contribution in [1.29, 1.82) is 0 Å². The third-order valence-corrected chi connectivity index (χ3v) is 2.99. The number of aromatic nitrogens is 3. The molecule has 21 heavy (non-hydrogen) atoms. The third-order valence-electron chi connectivity index (χ3n) is 2.99. The van der Waals surface area contributed by atoms with Gasteiger partial charge in [0.15, 0.2) is 11.6 Å². The molecule has 0 radical (unpaired) electrons. The molecule has 104 valence electrons. The van der Waals surface area contributed by atoms with Crippen LogP contribution < -0.4 is 0 Å². The second-order valence-corrected chi connectivity index (χ2v) is 4.69. The van der Waals surface area contributed by atoms with E-state index in [2.05, 4.69) is 15.0 Å². The average Bonchev–Trinajstić information content (AvgIpc) is 2.60. The van der Waals surface area contributed by atoms with Crippen molar-refractivity contribution in [2.75, 3.05) is 0 Å². The van der Waals surface area contributed by atoms with Crippen LogP contribution in [-0.2, 0) is 0 Å². The van der Waals surface area contributed by atoms with E-state index < -0.39 is 13.7 Å². The first-order valence-electron chi connectivity index (χ1n) is 9.48. The summed E-state index contributed by atoms with van der Waals surface area (Å²) in [5, 5.41) is 0. The van der Waals surface area contributed by atoms with E-state index in [1.807, 2.05) is 0 Å². The van der Waals surface area contributed by atoms with Crippen molar-refractivity contribution >= 4 is 0 Å². The van der Waals surface area contributed by atoms with Gasteiger partial charge >= 0.3 is 0 Å². The molecule has 0 bridgehead atoms. The Hall–Kier alpha value is -2.55. The number of nitrogens with zero attached hydrogens (tertiary/aromatic N) is 3. The van der Waals surface area contributed by atoms with E-state index in [0.29, 0.717) is 28.6 Å². The molecule has 1 aromatic heterocycles. The van der Waals surface area contributed by atoms with Crippen molar-refractivity contribution in [3.8, 4) is 22.8 Å². The second kappa shape index (κ2) is 5.44. The third kappa shape index (κ3) is 2.97. The molecule has 3 rings (SSSR count). The molecule has 2 aromatic carbocycles. The molecule has 0 unspecified atom stereocenters. The van der Waals surface area contributed by atoms with Crippen LogP contribution in [0.25, 0.3) is 22.8 Å². The minimum atomic E-state index is -2.23. The lowest BCUT2D eigenvalue weighted by atomic mass is 10.1. The Kier molecular flexibility index (Phi) is 2.08. The number of benzene rings is 2. The monoisotopic (exact) mass is 281 g/mol. The molecule has 3 nitrogen and oxygen atoms in total. The molecule has 0 saturated heterocycles. The molecule has 0 aliphatic carbocycles. The minimum absolute atomic E-state index is 0.198. The maximum absolute atomic E-state index is 7.56. The van der Waals surface area contributed by atoms with Crippen LogP contribution in [0.1, 0.15) is 25.2 Å². The molecule has 3 heteroatoms. The Balaban J connectivity index is 2.09. The van der Waals surface area contributed by atoms with E-state index in [0.717, 1.165) is 0 Å². The first-order chi connectivity index (χ1) is 12.5. The van der Waals surface area contributed by atoms with E-state index >= 15 is 0 Å². The summed E-state index contributed by atoms with van der Waals surface area (Å²) in [5.41, 5.74) is 1.51. The predicted octanol–water partition coefficient (Wildman–Crippen LogP) is 4.13. The fourth-order valence-corrected chi connectivity index (χ4v) is 2.06. The van der Waals surface area contributed by atoms with Crippen LogP contribution in [0.15, 0.2) is 48.5 Å². The predicted molar refractivity (Wildman–Crippen MR) is 84.9 cm³/mol. The number of hydrogen-bond donors (Lipinski definition) is 0. The average molecular weight is 281 g/mol. The van der Waals surface area contributed by atoms with E-state index in [1.165, 1.54) is 24.3 Å². The van der Waals surface area contributed by atoms with Crippen LogP contribution in [0.3, 0.4) is 0 Å². The molecule has 0 atom stereocenters. The zero-order valence-corrected chi connectivity index (χ0v) is 11.5. The summed E-state index contributed by atoms with van der Waals surface area (Å²) in [6.07, 6.45) is 0. The van der Waals surface area contributed by atoms with Gasteiger partial charge in [-0.05, 0) is 32.8 Å². The zero-order chi connectivity index (χ0) is 19.8. The topological polar surface area (TPSA) is 38.7 Å². The van der Waals surface area contributed by atoms with Gasteiger partial charge in [-0.15, -0.1) is 0 Å².